The van der Waals surface area contributed by atoms with Crippen molar-refractivity contribution >= 4 is 5.97 Å². The summed E-state index contributed by atoms with van der Waals surface area (Å²) < 4.78 is 10.6. The molecule has 0 heterocycles. The van der Waals surface area contributed by atoms with E-state index in [0.717, 1.165) is 45.1 Å². The van der Waals surface area contributed by atoms with E-state index < -0.39 is 11.6 Å². The standard InChI is InChI=1S/C27H38O4/c1-6-21-18(7-10-24(28)31-5)15-23-20-9-8-19-16-25(2,29)13-14-27(19,17-30-4)22(20)11-12-26(21,23)3/h6,8,18,20,22-23,29H,9,11-17H2,1-5H3/b21-6-/t18?,20-,22+,23+,25+,26-,27-/m1/s1. The number of rotatable bonds is 2. The molecule has 0 aromatic rings. The fourth-order valence-electron chi connectivity index (χ4n) is 7.89. The number of methoxy groups -OCH3 is 2. The van der Waals surface area contributed by atoms with Gasteiger partial charge in [-0.05, 0) is 82.0 Å². The van der Waals surface area contributed by atoms with Crippen LogP contribution in [0.4, 0.5) is 0 Å². The summed E-state index contributed by atoms with van der Waals surface area (Å²) in [5.74, 6) is 7.38. The van der Waals surface area contributed by atoms with Crippen LogP contribution in [-0.4, -0.2) is 37.5 Å². The van der Waals surface area contributed by atoms with Crippen LogP contribution in [0.5, 0.6) is 0 Å². The second-order valence-electron chi connectivity index (χ2n) is 10.9. The van der Waals surface area contributed by atoms with Gasteiger partial charge < -0.3 is 14.6 Å². The zero-order chi connectivity index (χ0) is 22.4. The van der Waals surface area contributed by atoms with Crippen LogP contribution in [0.15, 0.2) is 23.3 Å². The predicted octanol–water partition coefficient (Wildman–Crippen LogP) is 4.68. The number of allylic oxidation sites excluding steroid dienone is 3. The number of ether oxygens (including phenoxy) is 2. The maximum Gasteiger partial charge on any atom is 0.384 e. The van der Waals surface area contributed by atoms with Gasteiger partial charge in [0.1, 0.15) is 0 Å². The molecular weight excluding hydrogens is 388 g/mol. The molecule has 4 aliphatic carbocycles. The molecule has 4 aliphatic rings. The fourth-order valence-corrected chi connectivity index (χ4v) is 7.89. The summed E-state index contributed by atoms with van der Waals surface area (Å²) in [6.07, 6.45) is 11.8. The zero-order valence-corrected chi connectivity index (χ0v) is 19.8. The average Bonchev–Trinajstić information content (AvgIpc) is 3.03. The van der Waals surface area contributed by atoms with E-state index >= 15 is 0 Å². The average molecular weight is 427 g/mol. The summed E-state index contributed by atoms with van der Waals surface area (Å²) in [5, 5.41) is 10.8. The largest absolute Gasteiger partial charge is 0.459 e. The normalized spacial score (nSPS) is 45.0. The monoisotopic (exact) mass is 426 g/mol. The molecule has 3 saturated carbocycles. The molecule has 1 N–H and O–H groups in total. The number of carbonyl (C=O) groups is 1. The third-order valence-corrected chi connectivity index (χ3v) is 9.26. The van der Waals surface area contributed by atoms with Crippen molar-refractivity contribution < 1.29 is 19.4 Å². The third-order valence-electron chi connectivity index (χ3n) is 9.26. The summed E-state index contributed by atoms with van der Waals surface area (Å²) in [5.41, 5.74) is 2.45. The van der Waals surface area contributed by atoms with Gasteiger partial charge in [0.2, 0.25) is 0 Å². The van der Waals surface area contributed by atoms with E-state index in [0.29, 0.717) is 17.8 Å². The molecule has 4 nitrogen and oxygen atoms in total. The quantitative estimate of drug-likeness (QED) is 0.302. The van der Waals surface area contributed by atoms with E-state index in [-0.39, 0.29) is 16.7 Å². The van der Waals surface area contributed by atoms with Gasteiger partial charge in [0.15, 0.2) is 0 Å². The lowest BCUT2D eigenvalue weighted by Gasteiger charge is -2.59. The summed E-state index contributed by atoms with van der Waals surface area (Å²) in [6.45, 7) is 7.28. The lowest BCUT2D eigenvalue weighted by molar-refractivity contribution is -0.133. The van der Waals surface area contributed by atoms with Crippen LogP contribution < -0.4 is 0 Å². The van der Waals surface area contributed by atoms with Crippen LogP contribution in [0.1, 0.15) is 65.7 Å². The molecule has 1 unspecified atom stereocenters. The lowest BCUT2D eigenvalue weighted by atomic mass is 9.46. The third kappa shape index (κ3) is 3.58. The van der Waals surface area contributed by atoms with Gasteiger partial charge in [-0.15, -0.1) is 0 Å². The van der Waals surface area contributed by atoms with Crippen molar-refractivity contribution in [3.63, 3.8) is 0 Å². The highest BCUT2D eigenvalue weighted by molar-refractivity contribution is 5.88. The van der Waals surface area contributed by atoms with Crippen LogP contribution in [0.3, 0.4) is 0 Å². The Bertz CT molecular complexity index is 856. The zero-order valence-electron chi connectivity index (χ0n) is 19.8. The molecule has 0 saturated heterocycles. The first kappa shape index (κ1) is 22.6. The Labute approximate surface area is 187 Å². The van der Waals surface area contributed by atoms with Crippen LogP contribution in [0.2, 0.25) is 0 Å². The number of esters is 1. The number of hydrogen-bond donors (Lipinski definition) is 1. The number of fused-ring (bicyclic) bond motifs is 5. The first-order valence-electron chi connectivity index (χ1n) is 11.9. The maximum atomic E-state index is 11.7. The Balaban J connectivity index is 1.69. The number of carbonyl (C=O) groups excluding carboxylic acids is 1. The number of aliphatic hydroxyl groups is 1. The summed E-state index contributed by atoms with van der Waals surface area (Å²) in [6, 6.07) is 0. The molecule has 4 rings (SSSR count). The smallest absolute Gasteiger partial charge is 0.384 e. The number of hydrogen-bond acceptors (Lipinski definition) is 4. The second-order valence-corrected chi connectivity index (χ2v) is 10.9. The van der Waals surface area contributed by atoms with Gasteiger partial charge in [-0.2, -0.15) is 0 Å². The van der Waals surface area contributed by atoms with Gasteiger partial charge in [-0.1, -0.05) is 36.1 Å². The molecule has 0 bridgehead atoms. The first-order valence-corrected chi connectivity index (χ1v) is 11.9. The second kappa shape index (κ2) is 8.09. The molecule has 7 atom stereocenters. The van der Waals surface area contributed by atoms with E-state index in [2.05, 4.69) is 37.8 Å². The summed E-state index contributed by atoms with van der Waals surface area (Å²) in [7, 11) is 3.21. The molecule has 0 aromatic carbocycles. The minimum absolute atomic E-state index is 0.0626. The molecule has 0 aromatic heterocycles. The van der Waals surface area contributed by atoms with E-state index in [9.17, 15) is 9.90 Å². The van der Waals surface area contributed by atoms with Crippen molar-refractivity contribution in [3.05, 3.63) is 23.3 Å². The van der Waals surface area contributed by atoms with Crippen molar-refractivity contribution in [2.75, 3.05) is 20.8 Å². The maximum absolute atomic E-state index is 11.7. The van der Waals surface area contributed by atoms with Crippen LogP contribution >= 0.6 is 0 Å². The van der Waals surface area contributed by atoms with E-state index in [1.54, 1.807) is 0 Å². The topological polar surface area (TPSA) is 55.8 Å². The predicted molar refractivity (Wildman–Crippen MR) is 121 cm³/mol. The Morgan fingerprint density at radius 2 is 2.03 bits per heavy atom. The van der Waals surface area contributed by atoms with Crippen molar-refractivity contribution in [2.45, 2.75) is 71.3 Å². The molecule has 0 radical (unpaired) electrons. The Morgan fingerprint density at radius 1 is 1.26 bits per heavy atom. The van der Waals surface area contributed by atoms with Crippen molar-refractivity contribution in [1.82, 2.24) is 0 Å². The fraction of sp³-hybridized carbons (Fsp3) is 0.741. The van der Waals surface area contributed by atoms with E-state index in [1.807, 2.05) is 14.0 Å². The highest BCUT2D eigenvalue weighted by Gasteiger charge is 2.60. The highest BCUT2D eigenvalue weighted by atomic mass is 16.5. The van der Waals surface area contributed by atoms with Crippen LogP contribution in [0, 0.1) is 46.3 Å². The lowest BCUT2D eigenvalue weighted by Crippen LogP contribution is -2.54. The minimum atomic E-state index is -0.598. The first-order chi connectivity index (χ1) is 14.7. The van der Waals surface area contributed by atoms with Gasteiger partial charge >= 0.3 is 5.97 Å². The van der Waals surface area contributed by atoms with Crippen LogP contribution in [-0.2, 0) is 14.3 Å². The van der Waals surface area contributed by atoms with Crippen LogP contribution in [0.25, 0.3) is 0 Å². The SMILES string of the molecule is C/C=C1/C(C#CC(=O)OC)C[C@H]2[C@@H]3CC=C4C[C@@](C)(O)CC[C@]4(COC)[C@H]3CC[C@]12C. The Kier molecular flexibility index (Phi) is 5.90. The van der Waals surface area contributed by atoms with Crippen molar-refractivity contribution in [3.8, 4) is 11.8 Å². The van der Waals surface area contributed by atoms with Gasteiger partial charge in [-0.3, -0.25) is 0 Å². The van der Waals surface area contributed by atoms with Crippen molar-refractivity contribution in [1.29, 1.82) is 0 Å². The van der Waals surface area contributed by atoms with Gasteiger partial charge in [0.05, 0.1) is 19.3 Å². The van der Waals surface area contributed by atoms with Crippen molar-refractivity contribution in [2.24, 2.45) is 34.5 Å². The molecular formula is C27H38O4. The molecule has 170 valence electrons. The molecule has 0 aliphatic heterocycles. The Morgan fingerprint density at radius 3 is 2.71 bits per heavy atom. The molecule has 0 spiro atoms. The Hall–Kier alpha value is -1.57. The molecule has 0 amide bonds. The molecule has 31 heavy (non-hydrogen) atoms. The van der Waals surface area contributed by atoms with Gasteiger partial charge in [0, 0.05) is 24.4 Å². The highest BCUT2D eigenvalue weighted by Crippen LogP contribution is 2.67. The van der Waals surface area contributed by atoms with Gasteiger partial charge in [0.25, 0.3) is 0 Å². The van der Waals surface area contributed by atoms with Gasteiger partial charge in [-0.25, -0.2) is 4.79 Å². The van der Waals surface area contributed by atoms with E-state index in [4.69, 9.17) is 9.47 Å². The molecule has 4 heteroatoms. The summed E-state index contributed by atoms with van der Waals surface area (Å²) >= 11 is 0. The van der Waals surface area contributed by atoms with E-state index in [1.165, 1.54) is 24.7 Å². The minimum Gasteiger partial charge on any atom is -0.459 e. The molecule has 3 fully saturated rings. The summed E-state index contributed by atoms with van der Waals surface area (Å²) in [4.78, 5) is 11.7.